The molecule has 5 heteroatoms. The van der Waals surface area contributed by atoms with Crippen molar-refractivity contribution in [3.05, 3.63) is 29.8 Å². The van der Waals surface area contributed by atoms with E-state index in [9.17, 15) is 14.7 Å². The van der Waals surface area contributed by atoms with Gasteiger partial charge < -0.3 is 14.9 Å². The minimum Gasteiger partial charge on any atom is -0.393 e. The van der Waals surface area contributed by atoms with Gasteiger partial charge in [0.15, 0.2) is 0 Å². The molecule has 0 aromatic heterocycles. The fourth-order valence-electron chi connectivity index (χ4n) is 3.19. The van der Waals surface area contributed by atoms with Gasteiger partial charge in [0.05, 0.1) is 12.0 Å². The van der Waals surface area contributed by atoms with E-state index in [0.717, 1.165) is 11.3 Å². The van der Waals surface area contributed by atoms with Gasteiger partial charge in [-0.1, -0.05) is 17.7 Å². The second-order valence-electron chi connectivity index (χ2n) is 6.30. The van der Waals surface area contributed by atoms with E-state index in [1.807, 2.05) is 31.2 Å². The number of amides is 2. The number of likely N-dealkylation sites (tertiary alicyclic amines) is 1. The van der Waals surface area contributed by atoms with Gasteiger partial charge >= 0.3 is 0 Å². The summed E-state index contributed by atoms with van der Waals surface area (Å²) in [5, 5.41) is 9.53. The lowest BCUT2D eigenvalue weighted by Gasteiger charge is -2.31. The molecule has 0 saturated carbocycles. The molecule has 2 aliphatic heterocycles. The van der Waals surface area contributed by atoms with E-state index in [2.05, 4.69) is 0 Å². The average Bonchev–Trinajstić information content (AvgIpc) is 2.90. The van der Waals surface area contributed by atoms with Gasteiger partial charge in [-0.05, 0) is 31.9 Å². The summed E-state index contributed by atoms with van der Waals surface area (Å²) in [7, 11) is 0. The SMILES string of the molecule is Cc1ccc(N2C[C@H](C(=O)N3CCC(O)CC3)CC2=O)cc1. The van der Waals surface area contributed by atoms with E-state index in [1.54, 1.807) is 9.80 Å². The number of hydrogen-bond donors (Lipinski definition) is 1. The van der Waals surface area contributed by atoms with E-state index in [4.69, 9.17) is 0 Å². The highest BCUT2D eigenvalue weighted by molar-refractivity contribution is 6.00. The Kier molecular flexibility index (Phi) is 4.16. The summed E-state index contributed by atoms with van der Waals surface area (Å²) in [6.07, 6.45) is 1.26. The van der Waals surface area contributed by atoms with Crippen LogP contribution in [0.3, 0.4) is 0 Å². The zero-order valence-corrected chi connectivity index (χ0v) is 12.9. The van der Waals surface area contributed by atoms with E-state index in [-0.39, 0.29) is 30.3 Å². The predicted molar refractivity (Wildman–Crippen MR) is 83.5 cm³/mol. The Bertz CT molecular complexity index is 562. The number of benzene rings is 1. The van der Waals surface area contributed by atoms with Crippen LogP contribution in [0.15, 0.2) is 24.3 Å². The molecule has 2 fully saturated rings. The molecule has 0 bridgehead atoms. The van der Waals surface area contributed by atoms with Gasteiger partial charge in [-0.15, -0.1) is 0 Å². The number of aliphatic hydroxyl groups excluding tert-OH is 1. The van der Waals surface area contributed by atoms with Gasteiger partial charge in [0.2, 0.25) is 11.8 Å². The van der Waals surface area contributed by atoms with Crippen LogP contribution in [0.1, 0.15) is 24.8 Å². The first-order valence-corrected chi connectivity index (χ1v) is 7.88. The van der Waals surface area contributed by atoms with Crippen LogP contribution in [-0.4, -0.2) is 47.6 Å². The molecule has 2 amide bonds. The number of nitrogens with zero attached hydrogens (tertiary/aromatic N) is 2. The molecule has 0 spiro atoms. The highest BCUT2D eigenvalue weighted by Crippen LogP contribution is 2.27. The number of carbonyl (C=O) groups excluding carboxylic acids is 2. The van der Waals surface area contributed by atoms with Crippen LogP contribution in [-0.2, 0) is 9.59 Å². The van der Waals surface area contributed by atoms with Crippen LogP contribution in [0.5, 0.6) is 0 Å². The molecule has 2 saturated heterocycles. The molecular weight excluding hydrogens is 280 g/mol. The second-order valence-corrected chi connectivity index (χ2v) is 6.30. The minimum absolute atomic E-state index is 0.0132. The van der Waals surface area contributed by atoms with Crippen molar-refractivity contribution in [2.45, 2.75) is 32.3 Å². The maximum Gasteiger partial charge on any atom is 0.228 e. The molecule has 1 aromatic rings. The maximum absolute atomic E-state index is 12.5. The first kappa shape index (κ1) is 15.0. The minimum atomic E-state index is -0.293. The van der Waals surface area contributed by atoms with Crippen molar-refractivity contribution < 1.29 is 14.7 Å². The Balaban J connectivity index is 1.66. The quantitative estimate of drug-likeness (QED) is 0.896. The van der Waals surface area contributed by atoms with E-state index >= 15 is 0 Å². The third kappa shape index (κ3) is 2.99. The number of piperidine rings is 1. The molecule has 3 rings (SSSR count). The summed E-state index contributed by atoms with van der Waals surface area (Å²) in [6.45, 7) is 3.65. The zero-order chi connectivity index (χ0) is 15.7. The van der Waals surface area contributed by atoms with Crippen molar-refractivity contribution in [1.82, 2.24) is 4.90 Å². The largest absolute Gasteiger partial charge is 0.393 e. The van der Waals surface area contributed by atoms with Crippen LogP contribution in [0.4, 0.5) is 5.69 Å². The third-order valence-electron chi connectivity index (χ3n) is 4.60. The Morgan fingerprint density at radius 1 is 1.18 bits per heavy atom. The maximum atomic E-state index is 12.5. The summed E-state index contributed by atoms with van der Waals surface area (Å²) in [6, 6.07) is 7.81. The van der Waals surface area contributed by atoms with Crippen LogP contribution < -0.4 is 4.90 Å². The van der Waals surface area contributed by atoms with Gasteiger partial charge in [-0.2, -0.15) is 0 Å². The van der Waals surface area contributed by atoms with Crippen molar-refractivity contribution in [1.29, 1.82) is 0 Å². The highest BCUT2D eigenvalue weighted by Gasteiger charge is 2.37. The van der Waals surface area contributed by atoms with Crippen molar-refractivity contribution in [3.63, 3.8) is 0 Å². The molecule has 2 aliphatic rings. The van der Waals surface area contributed by atoms with E-state index in [0.29, 0.717) is 32.5 Å². The molecule has 1 atom stereocenters. The molecule has 22 heavy (non-hydrogen) atoms. The van der Waals surface area contributed by atoms with Gasteiger partial charge in [0.25, 0.3) is 0 Å². The number of anilines is 1. The Morgan fingerprint density at radius 3 is 2.45 bits per heavy atom. The first-order chi connectivity index (χ1) is 10.5. The van der Waals surface area contributed by atoms with Gasteiger partial charge in [0.1, 0.15) is 0 Å². The predicted octanol–water partition coefficient (Wildman–Crippen LogP) is 1.33. The van der Waals surface area contributed by atoms with Crippen LogP contribution in [0.25, 0.3) is 0 Å². The lowest BCUT2D eigenvalue weighted by atomic mass is 10.0. The molecule has 0 aliphatic carbocycles. The summed E-state index contributed by atoms with van der Waals surface area (Å²) >= 11 is 0. The number of carbonyl (C=O) groups is 2. The van der Waals surface area contributed by atoms with Crippen molar-refractivity contribution in [3.8, 4) is 0 Å². The first-order valence-electron chi connectivity index (χ1n) is 7.88. The molecule has 1 aromatic carbocycles. The number of hydrogen-bond acceptors (Lipinski definition) is 3. The fraction of sp³-hybridized carbons (Fsp3) is 0.529. The van der Waals surface area contributed by atoms with Gasteiger partial charge in [-0.25, -0.2) is 0 Å². The van der Waals surface area contributed by atoms with Crippen molar-refractivity contribution in [2.24, 2.45) is 5.92 Å². The van der Waals surface area contributed by atoms with Crippen LogP contribution in [0.2, 0.25) is 0 Å². The van der Waals surface area contributed by atoms with E-state index in [1.165, 1.54) is 0 Å². The smallest absolute Gasteiger partial charge is 0.228 e. The van der Waals surface area contributed by atoms with Crippen molar-refractivity contribution >= 4 is 17.5 Å². The number of aliphatic hydroxyl groups is 1. The lowest BCUT2D eigenvalue weighted by Crippen LogP contribution is -2.43. The van der Waals surface area contributed by atoms with Crippen LogP contribution >= 0.6 is 0 Å². The Morgan fingerprint density at radius 2 is 1.82 bits per heavy atom. The lowest BCUT2D eigenvalue weighted by molar-refractivity contribution is -0.137. The molecule has 0 unspecified atom stereocenters. The highest BCUT2D eigenvalue weighted by atomic mass is 16.3. The molecule has 2 heterocycles. The molecular formula is C17H22N2O3. The standard InChI is InChI=1S/C17H22N2O3/c1-12-2-4-14(5-3-12)19-11-13(10-16(19)21)17(22)18-8-6-15(20)7-9-18/h2-5,13,15,20H,6-11H2,1H3/t13-/m1/s1. The second kappa shape index (κ2) is 6.08. The van der Waals surface area contributed by atoms with Crippen LogP contribution in [0, 0.1) is 12.8 Å². The molecule has 0 radical (unpaired) electrons. The van der Waals surface area contributed by atoms with E-state index < -0.39 is 0 Å². The molecule has 118 valence electrons. The third-order valence-corrected chi connectivity index (χ3v) is 4.60. The zero-order valence-electron chi connectivity index (χ0n) is 12.9. The normalized spacial score (nSPS) is 23.2. The summed E-state index contributed by atoms with van der Waals surface area (Å²) in [4.78, 5) is 28.3. The number of aryl methyl sites for hydroxylation is 1. The number of rotatable bonds is 2. The average molecular weight is 302 g/mol. The van der Waals surface area contributed by atoms with Gasteiger partial charge in [-0.3, -0.25) is 9.59 Å². The summed E-state index contributed by atoms with van der Waals surface area (Å²) < 4.78 is 0. The topological polar surface area (TPSA) is 60.9 Å². The fourth-order valence-corrected chi connectivity index (χ4v) is 3.19. The molecule has 5 nitrogen and oxygen atoms in total. The molecule has 1 N–H and O–H groups in total. The summed E-state index contributed by atoms with van der Waals surface area (Å²) in [5.74, 6) is -0.196. The Hall–Kier alpha value is -1.88. The van der Waals surface area contributed by atoms with Gasteiger partial charge in [0, 0.05) is 31.7 Å². The Labute approximate surface area is 130 Å². The summed E-state index contributed by atoms with van der Waals surface area (Å²) in [5.41, 5.74) is 2.01. The monoisotopic (exact) mass is 302 g/mol. The van der Waals surface area contributed by atoms with Crippen molar-refractivity contribution in [2.75, 3.05) is 24.5 Å².